The lowest BCUT2D eigenvalue weighted by Crippen LogP contribution is -2.58. The largest absolute Gasteiger partial charge is 0.390 e. The number of hydrogen-bond acceptors (Lipinski definition) is 5. The molecule has 0 aromatic heterocycles. The van der Waals surface area contributed by atoms with Crippen LogP contribution in [0.15, 0.2) is 0 Å². The van der Waals surface area contributed by atoms with E-state index in [0.29, 0.717) is 19.3 Å². The highest BCUT2D eigenvalue weighted by Gasteiger charge is 2.46. The van der Waals surface area contributed by atoms with Gasteiger partial charge in [0.05, 0.1) is 30.5 Å². The van der Waals surface area contributed by atoms with E-state index in [-0.39, 0.29) is 30.7 Å². The van der Waals surface area contributed by atoms with Crippen molar-refractivity contribution < 1.29 is 24.4 Å². The SMILES string of the molecule is CC1CC(O[C@H]2CC[C@H](O)[C@H](C)O2)C(C)(O)C(C)O1. The van der Waals surface area contributed by atoms with Crippen molar-refractivity contribution in [2.24, 2.45) is 0 Å². The van der Waals surface area contributed by atoms with Crippen LogP contribution >= 0.6 is 0 Å². The Balaban J connectivity index is 1.97. The molecule has 0 aromatic rings. The highest BCUT2D eigenvalue weighted by Crippen LogP contribution is 2.33. The molecule has 7 atom stereocenters. The zero-order valence-corrected chi connectivity index (χ0v) is 12.2. The van der Waals surface area contributed by atoms with Gasteiger partial charge in [0.15, 0.2) is 6.29 Å². The summed E-state index contributed by atoms with van der Waals surface area (Å²) in [5, 5.41) is 20.2. The Morgan fingerprint density at radius 1 is 1.16 bits per heavy atom. The molecule has 0 spiro atoms. The van der Waals surface area contributed by atoms with Crippen LogP contribution in [0.1, 0.15) is 47.0 Å². The zero-order valence-electron chi connectivity index (χ0n) is 12.2. The van der Waals surface area contributed by atoms with Crippen LogP contribution in [0.25, 0.3) is 0 Å². The number of ether oxygens (including phenoxy) is 3. The molecular formula is C14H26O5. The maximum Gasteiger partial charge on any atom is 0.158 e. The van der Waals surface area contributed by atoms with Gasteiger partial charge in [0.25, 0.3) is 0 Å². The molecule has 0 aliphatic carbocycles. The van der Waals surface area contributed by atoms with E-state index in [4.69, 9.17) is 14.2 Å². The second-order valence-corrected chi connectivity index (χ2v) is 6.09. The highest BCUT2D eigenvalue weighted by molar-refractivity contribution is 4.94. The molecule has 2 aliphatic rings. The van der Waals surface area contributed by atoms with Gasteiger partial charge in [-0.05, 0) is 34.1 Å². The van der Waals surface area contributed by atoms with Crippen molar-refractivity contribution in [3.8, 4) is 0 Å². The van der Waals surface area contributed by atoms with Gasteiger partial charge in [0, 0.05) is 12.8 Å². The van der Waals surface area contributed by atoms with Gasteiger partial charge >= 0.3 is 0 Å². The van der Waals surface area contributed by atoms with E-state index in [1.165, 1.54) is 0 Å². The van der Waals surface area contributed by atoms with Gasteiger partial charge in [0.2, 0.25) is 0 Å². The zero-order chi connectivity index (χ0) is 14.2. The second kappa shape index (κ2) is 5.66. The summed E-state index contributed by atoms with van der Waals surface area (Å²) in [6.07, 6.45) is 0.454. The van der Waals surface area contributed by atoms with Crippen molar-refractivity contribution in [1.82, 2.24) is 0 Å². The van der Waals surface area contributed by atoms with Crippen LogP contribution in [0.5, 0.6) is 0 Å². The summed E-state index contributed by atoms with van der Waals surface area (Å²) in [5.41, 5.74) is -1.02. The van der Waals surface area contributed by atoms with Gasteiger partial charge in [-0.2, -0.15) is 0 Å². The number of hydrogen-bond donors (Lipinski definition) is 2. The van der Waals surface area contributed by atoms with Gasteiger partial charge in [-0.15, -0.1) is 0 Å². The van der Waals surface area contributed by atoms with Crippen molar-refractivity contribution >= 4 is 0 Å². The molecule has 0 bridgehead atoms. The minimum atomic E-state index is -1.02. The fourth-order valence-corrected chi connectivity index (χ4v) is 2.76. The van der Waals surface area contributed by atoms with E-state index in [2.05, 4.69) is 0 Å². The molecule has 0 amide bonds. The molecule has 0 radical (unpaired) electrons. The van der Waals surface area contributed by atoms with E-state index >= 15 is 0 Å². The first-order chi connectivity index (χ1) is 8.80. The monoisotopic (exact) mass is 274 g/mol. The summed E-state index contributed by atoms with van der Waals surface area (Å²) in [4.78, 5) is 0. The van der Waals surface area contributed by atoms with Crippen LogP contribution in [0.2, 0.25) is 0 Å². The average molecular weight is 274 g/mol. The normalized spacial score (nSPS) is 52.1. The maximum atomic E-state index is 10.5. The van der Waals surface area contributed by atoms with Crippen molar-refractivity contribution in [2.75, 3.05) is 0 Å². The molecule has 112 valence electrons. The second-order valence-electron chi connectivity index (χ2n) is 6.09. The molecule has 2 rings (SSSR count). The minimum Gasteiger partial charge on any atom is -0.390 e. The van der Waals surface area contributed by atoms with Gasteiger partial charge in [-0.3, -0.25) is 0 Å². The molecular weight excluding hydrogens is 248 g/mol. The number of rotatable bonds is 2. The molecule has 2 N–H and O–H groups in total. The van der Waals surface area contributed by atoms with E-state index in [0.717, 1.165) is 0 Å². The van der Waals surface area contributed by atoms with Crippen molar-refractivity contribution in [3.05, 3.63) is 0 Å². The van der Waals surface area contributed by atoms with Gasteiger partial charge in [0.1, 0.15) is 5.60 Å². The van der Waals surface area contributed by atoms with E-state index in [1.807, 2.05) is 20.8 Å². The standard InChI is InChI=1S/C14H26O5/c1-8-7-12(14(4,16)10(3)17-8)19-13-6-5-11(15)9(2)18-13/h8-13,15-16H,5-7H2,1-4H3/t8?,9-,10?,11-,12?,13-,14?/m0/s1. The molecule has 0 saturated carbocycles. The molecule has 2 fully saturated rings. The van der Waals surface area contributed by atoms with E-state index in [9.17, 15) is 10.2 Å². The predicted octanol–water partition coefficient (Wildman–Crippen LogP) is 1.21. The molecule has 2 aliphatic heterocycles. The van der Waals surface area contributed by atoms with E-state index < -0.39 is 11.7 Å². The Morgan fingerprint density at radius 3 is 2.47 bits per heavy atom. The lowest BCUT2D eigenvalue weighted by atomic mass is 9.86. The van der Waals surface area contributed by atoms with Crippen LogP contribution in [0, 0.1) is 0 Å². The first-order valence-electron chi connectivity index (χ1n) is 7.17. The number of aliphatic hydroxyl groups is 2. The molecule has 0 aromatic carbocycles. The summed E-state index contributed by atoms with van der Waals surface area (Å²) >= 11 is 0. The van der Waals surface area contributed by atoms with Crippen LogP contribution < -0.4 is 0 Å². The minimum absolute atomic E-state index is 0.0619. The summed E-state index contributed by atoms with van der Waals surface area (Å²) in [5.74, 6) is 0. The van der Waals surface area contributed by atoms with Crippen molar-refractivity contribution in [3.63, 3.8) is 0 Å². The third-order valence-electron chi connectivity index (χ3n) is 4.38. The predicted molar refractivity (Wildman–Crippen MR) is 69.7 cm³/mol. The van der Waals surface area contributed by atoms with Crippen molar-refractivity contribution in [1.29, 1.82) is 0 Å². The Kier molecular flexibility index (Phi) is 4.52. The smallest absolute Gasteiger partial charge is 0.158 e. The highest BCUT2D eigenvalue weighted by atomic mass is 16.7. The van der Waals surface area contributed by atoms with Crippen LogP contribution in [0.3, 0.4) is 0 Å². The average Bonchev–Trinajstić information content (AvgIpc) is 2.31. The summed E-state index contributed by atoms with van der Waals surface area (Å²) in [6, 6.07) is 0. The third-order valence-corrected chi connectivity index (χ3v) is 4.38. The topological polar surface area (TPSA) is 68.2 Å². The number of aliphatic hydroxyl groups excluding tert-OH is 1. The van der Waals surface area contributed by atoms with Crippen LogP contribution in [-0.2, 0) is 14.2 Å². The fraction of sp³-hybridized carbons (Fsp3) is 1.00. The lowest BCUT2D eigenvalue weighted by Gasteiger charge is -2.46. The van der Waals surface area contributed by atoms with Crippen molar-refractivity contribution in [2.45, 2.75) is 89.4 Å². The Morgan fingerprint density at radius 2 is 1.84 bits per heavy atom. The molecule has 19 heavy (non-hydrogen) atoms. The first-order valence-corrected chi connectivity index (χ1v) is 7.17. The fourth-order valence-electron chi connectivity index (χ4n) is 2.76. The van der Waals surface area contributed by atoms with Crippen LogP contribution in [-0.4, -0.2) is 52.6 Å². The molecule has 5 nitrogen and oxygen atoms in total. The molecule has 5 heteroatoms. The van der Waals surface area contributed by atoms with Gasteiger partial charge in [-0.1, -0.05) is 0 Å². The summed E-state index contributed by atoms with van der Waals surface area (Å²) in [6.45, 7) is 7.43. The first kappa shape index (κ1) is 15.2. The van der Waals surface area contributed by atoms with E-state index in [1.54, 1.807) is 6.92 Å². The Bertz CT molecular complexity index is 306. The quantitative estimate of drug-likeness (QED) is 0.792. The summed E-state index contributed by atoms with van der Waals surface area (Å²) in [7, 11) is 0. The lowest BCUT2D eigenvalue weighted by molar-refractivity contribution is -0.292. The molecule has 2 heterocycles. The molecule has 2 saturated heterocycles. The third kappa shape index (κ3) is 3.28. The van der Waals surface area contributed by atoms with Gasteiger partial charge < -0.3 is 24.4 Å². The van der Waals surface area contributed by atoms with Gasteiger partial charge in [-0.25, -0.2) is 0 Å². The summed E-state index contributed by atoms with van der Waals surface area (Å²) < 4.78 is 17.2. The Labute approximate surface area is 114 Å². The van der Waals surface area contributed by atoms with Crippen LogP contribution in [0.4, 0.5) is 0 Å². The Hall–Kier alpha value is -0.200. The molecule has 4 unspecified atom stereocenters. The maximum absolute atomic E-state index is 10.5.